The van der Waals surface area contributed by atoms with Crippen LogP contribution in [0.1, 0.15) is 53.6 Å². The van der Waals surface area contributed by atoms with E-state index in [9.17, 15) is 14.7 Å². The molecule has 0 heterocycles. The van der Waals surface area contributed by atoms with E-state index in [1.165, 1.54) is 6.42 Å². The summed E-state index contributed by atoms with van der Waals surface area (Å²) in [5.74, 6) is -1.03. The first-order valence-electron chi connectivity index (χ1n) is 7.39. The maximum Gasteiger partial charge on any atom is 0.337 e. The standard InChI is InChI=1S/C16H22N2O3/c1-10-8-11(2)14(13(9-10)15(19)20)18-16(21)17-12-6-4-3-5-7-12/h8-9,12H,3-7H2,1-2H3,(H,19,20)(H2,17,18,21). The predicted octanol–water partition coefficient (Wildman–Crippen LogP) is 3.46. The second-order valence-electron chi connectivity index (χ2n) is 5.74. The molecule has 0 aliphatic heterocycles. The van der Waals surface area contributed by atoms with Gasteiger partial charge in [0.2, 0.25) is 0 Å². The van der Waals surface area contributed by atoms with Gasteiger partial charge < -0.3 is 15.7 Å². The third-order valence-electron chi connectivity index (χ3n) is 3.89. The number of anilines is 1. The number of rotatable bonds is 3. The van der Waals surface area contributed by atoms with Crippen LogP contribution >= 0.6 is 0 Å². The highest BCUT2D eigenvalue weighted by atomic mass is 16.4. The Labute approximate surface area is 124 Å². The van der Waals surface area contributed by atoms with Gasteiger partial charge >= 0.3 is 12.0 Å². The van der Waals surface area contributed by atoms with Crippen molar-refractivity contribution in [2.75, 3.05) is 5.32 Å². The molecular formula is C16H22N2O3. The van der Waals surface area contributed by atoms with E-state index in [-0.39, 0.29) is 17.6 Å². The highest BCUT2D eigenvalue weighted by Gasteiger charge is 2.19. The minimum atomic E-state index is -1.03. The largest absolute Gasteiger partial charge is 0.478 e. The van der Waals surface area contributed by atoms with E-state index in [4.69, 9.17) is 0 Å². The monoisotopic (exact) mass is 290 g/mol. The van der Waals surface area contributed by atoms with Gasteiger partial charge in [0.05, 0.1) is 11.3 Å². The lowest BCUT2D eigenvalue weighted by atomic mass is 9.96. The Morgan fingerprint density at radius 2 is 1.81 bits per heavy atom. The van der Waals surface area contributed by atoms with Gasteiger partial charge in [-0.25, -0.2) is 9.59 Å². The number of carbonyl (C=O) groups excluding carboxylic acids is 1. The molecule has 2 amide bonds. The summed E-state index contributed by atoms with van der Waals surface area (Å²) in [5.41, 5.74) is 2.13. The van der Waals surface area contributed by atoms with Gasteiger partial charge in [-0.1, -0.05) is 25.3 Å². The Kier molecular flexibility index (Phi) is 4.83. The predicted molar refractivity (Wildman–Crippen MR) is 81.9 cm³/mol. The Balaban J connectivity index is 2.11. The summed E-state index contributed by atoms with van der Waals surface area (Å²) < 4.78 is 0. The van der Waals surface area contributed by atoms with Gasteiger partial charge in [-0.3, -0.25) is 0 Å². The van der Waals surface area contributed by atoms with Gasteiger partial charge in [0.15, 0.2) is 0 Å². The van der Waals surface area contributed by atoms with Crippen molar-refractivity contribution >= 4 is 17.7 Å². The third kappa shape index (κ3) is 3.97. The van der Waals surface area contributed by atoms with E-state index in [2.05, 4.69) is 10.6 Å². The molecule has 0 atom stereocenters. The fraction of sp³-hybridized carbons (Fsp3) is 0.500. The number of aryl methyl sites for hydroxylation is 2. The Morgan fingerprint density at radius 3 is 2.43 bits per heavy atom. The van der Waals surface area contributed by atoms with Crippen LogP contribution < -0.4 is 10.6 Å². The molecule has 21 heavy (non-hydrogen) atoms. The number of hydrogen-bond donors (Lipinski definition) is 3. The zero-order valence-electron chi connectivity index (χ0n) is 12.5. The number of amides is 2. The van der Waals surface area contributed by atoms with Crippen molar-refractivity contribution in [3.8, 4) is 0 Å². The average Bonchev–Trinajstić information content (AvgIpc) is 2.42. The molecule has 5 heteroatoms. The number of benzene rings is 1. The third-order valence-corrected chi connectivity index (χ3v) is 3.89. The lowest BCUT2D eigenvalue weighted by molar-refractivity contribution is 0.0698. The zero-order chi connectivity index (χ0) is 15.4. The summed E-state index contributed by atoms with van der Waals surface area (Å²) in [6.45, 7) is 3.64. The van der Waals surface area contributed by atoms with Crippen molar-refractivity contribution in [3.63, 3.8) is 0 Å². The molecule has 0 spiro atoms. The van der Waals surface area contributed by atoms with Crippen molar-refractivity contribution in [3.05, 3.63) is 28.8 Å². The summed E-state index contributed by atoms with van der Waals surface area (Å²) >= 11 is 0. The highest BCUT2D eigenvalue weighted by molar-refractivity contribution is 6.01. The van der Waals surface area contributed by atoms with Gasteiger partial charge in [0.1, 0.15) is 0 Å². The summed E-state index contributed by atoms with van der Waals surface area (Å²) in [4.78, 5) is 23.4. The van der Waals surface area contributed by atoms with Crippen LogP contribution in [-0.4, -0.2) is 23.1 Å². The number of hydrogen-bond acceptors (Lipinski definition) is 2. The van der Waals surface area contributed by atoms with Gasteiger partial charge in [-0.15, -0.1) is 0 Å². The summed E-state index contributed by atoms with van der Waals surface area (Å²) in [6.07, 6.45) is 5.47. The number of carboxylic acid groups (broad SMARTS) is 1. The van der Waals surface area contributed by atoms with Crippen LogP contribution in [0.25, 0.3) is 0 Å². The number of carboxylic acids is 1. The quantitative estimate of drug-likeness (QED) is 0.797. The second-order valence-corrected chi connectivity index (χ2v) is 5.74. The molecule has 0 bridgehead atoms. The molecule has 0 unspecified atom stereocenters. The smallest absolute Gasteiger partial charge is 0.337 e. The molecule has 0 radical (unpaired) electrons. The number of urea groups is 1. The van der Waals surface area contributed by atoms with Crippen molar-refractivity contribution in [1.29, 1.82) is 0 Å². The molecule has 1 fully saturated rings. The molecule has 5 nitrogen and oxygen atoms in total. The van der Waals surface area contributed by atoms with Crippen LogP contribution in [-0.2, 0) is 0 Å². The summed E-state index contributed by atoms with van der Waals surface area (Å²) in [5, 5.41) is 14.9. The first kappa shape index (κ1) is 15.4. The first-order chi connectivity index (χ1) is 9.97. The fourth-order valence-corrected chi connectivity index (χ4v) is 2.88. The van der Waals surface area contributed by atoms with E-state index < -0.39 is 5.97 Å². The van der Waals surface area contributed by atoms with Crippen LogP contribution in [0.5, 0.6) is 0 Å². The number of aromatic carboxylic acids is 1. The lowest BCUT2D eigenvalue weighted by Gasteiger charge is -2.23. The molecule has 0 aromatic heterocycles. The van der Waals surface area contributed by atoms with Crippen LogP contribution in [0, 0.1) is 13.8 Å². The molecule has 1 aliphatic rings. The average molecular weight is 290 g/mol. The normalized spacial score (nSPS) is 15.5. The van der Waals surface area contributed by atoms with Gasteiger partial charge in [-0.2, -0.15) is 0 Å². The lowest BCUT2D eigenvalue weighted by Crippen LogP contribution is -2.39. The zero-order valence-corrected chi connectivity index (χ0v) is 12.5. The summed E-state index contributed by atoms with van der Waals surface area (Å²) in [6, 6.07) is 3.31. The number of nitrogens with one attached hydrogen (secondary N) is 2. The van der Waals surface area contributed by atoms with Crippen LogP contribution in [0.4, 0.5) is 10.5 Å². The minimum absolute atomic E-state index is 0.131. The van der Waals surface area contributed by atoms with Crippen LogP contribution in [0.15, 0.2) is 12.1 Å². The van der Waals surface area contributed by atoms with Crippen molar-refractivity contribution in [2.24, 2.45) is 0 Å². The fourth-order valence-electron chi connectivity index (χ4n) is 2.88. The molecule has 114 valence electrons. The topological polar surface area (TPSA) is 78.4 Å². The van der Waals surface area contributed by atoms with E-state index in [0.29, 0.717) is 5.69 Å². The van der Waals surface area contributed by atoms with Gasteiger partial charge in [0.25, 0.3) is 0 Å². The molecule has 3 N–H and O–H groups in total. The van der Waals surface area contributed by atoms with E-state index in [1.54, 1.807) is 13.0 Å². The van der Waals surface area contributed by atoms with Crippen molar-refractivity contribution in [2.45, 2.75) is 52.0 Å². The first-order valence-corrected chi connectivity index (χ1v) is 7.39. The maximum absolute atomic E-state index is 12.1. The number of carbonyl (C=O) groups is 2. The second kappa shape index (κ2) is 6.61. The molecule has 0 saturated heterocycles. The molecule has 1 aromatic carbocycles. The van der Waals surface area contributed by atoms with Crippen molar-refractivity contribution < 1.29 is 14.7 Å². The SMILES string of the molecule is Cc1cc(C)c(NC(=O)NC2CCCCC2)c(C(=O)O)c1. The van der Waals surface area contributed by atoms with Crippen LogP contribution in [0.3, 0.4) is 0 Å². The maximum atomic E-state index is 12.1. The molecular weight excluding hydrogens is 268 g/mol. The van der Waals surface area contributed by atoms with Crippen LogP contribution in [0.2, 0.25) is 0 Å². The van der Waals surface area contributed by atoms with Crippen molar-refractivity contribution in [1.82, 2.24) is 5.32 Å². The minimum Gasteiger partial charge on any atom is -0.478 e. The van der Waals surface area contributed by atoms with E-state index in [0.717, 1.165) is 36.8 Å². The molecule has 2 rings (SSSR count). The van der Waals surface area contributed by atoms with E-state index in [1.807, 2.05) is 13.0 Å². The Hall–Kier alpha value is -2.04. The summed E-state index contributed by atoms with van der Waals surface area (Å²) in [7, 11) is 0. The Morgan fingerprint density at radius 1 is 1.14 bits per heavy atom. The molecule has 1 saturated carbocycles. The highest BCUT2D eigenvalue weighted by Crippen LogP contribution is 2.23. The van der Waals surface area contributed by atoms with Gasteiger partial charge in [-0.05, 0) is 43.9 Å². The molecule has 1 aliphatic carbocycles. The van der Waals surface area contributed by atoms with Gasteiger partial charge in [0, 0.05) is 6.04 Å². The Bertz CT molecular complexity index is 549. The van der Waals surface area contributed by atoms with E-state index >= 15 is 0 Å². The molecule has 1 aromatic rings.